The maximum atomic E-state index is 6.32. The highest BCUT2D eigenvalue weighted by atomic mass is 16.5. The highest BCUT2D eigenvalue weighted by Crippen LogP contribution is 2.39. The summed E-state index contributed by atoms with van der Waals surface area (Å²) in [6.07, 6.45) is 23.8. The van der Waals surface area contributed by atoms with Crippen molar-refractivity contribution in [3.8, 4) is 11.1 Å². The van der Waals surface area contributed by atoms with Gasteiger partial charge in [0, 0.05) is 0 Å². The third-order valence-electron chi connectivity index (χ3n) is 9.40. The first-order valence-corrected chi connectivity index (χ1v) is 16.1. The summed E-state index contributed by atoms with van der Waals surface area (Å²) in [7, 11) is 0. The lowest BCUT2D eigenvalue weighted by Crippen LogP contribution is -2.20. The third-order valence-corrected chi connectivity index (χ3v) is 9.40. The molecule has 1 heterocycles. The number of benzene rings is 2. The van der Waals surface area contributed by atoms with E-state index in [1.165, 1.54) is 126 Å². The Balaban J connectivity index is 1.20. The maximum Gasteiger partial charge on any atom is 0.0825 e. The van der Waals surface area contributed by atoms with Gasteiger partial charge in [-0.3, -0.25) is 0 Å². The molecular weight excluding hydrogens is 448 g/mol. The van der Waals surface area contributed by atoms with Crippen molar-refractivity contribution >= 4 is 0 Å². The average molecular weight is 503 g/mol. The Labute approximate surface area is 228 Å². The van der Waals surface area contributed by atoms with E-state index in [1.54, 1.807) is 5.56 Å². The Morgan fingerprint density at radius 2 is 1.05 bits per heavy atom. The van der Waals surface area contributed by atoms with Gasteiger partial charge < -0.3 is 4.74 Å². The molecule has 2 aromatic carbocycles. The molecule has 2 fully saturated rings. The molecule has 2 aromatic rings. The SMILES string of the molecule is CCCCCCCC1CCC(c2ccc(-c3ccc([C@H]4CC[C@H](CCCCCC)CC4)cc3)cc2)OC1. The van der Waals surface area contributed by atoms with Gasteiger partial charge in [0.2, 0.25) is 0 Å². The summed E-state index contributed by atoms with van der Waals surface area (Å²) in [5.41, 5.74) is 5.58. The predicted octanol–water partition coefficient (Wildman–Crippen LogP) is 11.4. The summed E-state index contributed by atoms with van der Waals surface area (Å²) in [6, 6.07) is 18.7. The number of unbranched alkanes of at least 4 members (excludes halogenated alkanes) is 7. The van der Waals surface area contributed by atoms with Crippen LogP contribution in [0.5, 0.6) is 0 Å². The Hall–Kier alpha value is -1.60. The first-order valence-electron chi connectivity index (χ1n) is 16.1. The maximum absolute atomic E-state index is 6.32. The third kappa shape index (κ3) is 8.98. The fourth-order valence-electron chi connectivity index (χ4n) is 6.82. The van der Waals surface area contributed by atoms with Crippen LogP contribution < -0.4 is 0 Å². The van der Waals surface area contributed by atoms with Crippen LogP contribution in [0.15, 0.2) is 48.5 Å². The minimum Gasteiger partial charge on any atom is -0.373 e. The lowest BCUT2D eigenvalue weighted by molar-refractivity contribution is -0.0199. The standard InChI is InChI=1S/C36H54O/c1-3-5-7-9-11-13-30-16-27-36(37-28-30)35-25-23-34(24-26-35)33-21-19-32(20-22-33)31-17-14-29(15-18-31)12-10-8-6-4-2/h19-26,29-31,36H,3-18,27-28H2,1-2H3/t29-,30?,31-,36?. The predicted molar refractivity (Wildman–Crippen MR) is 160 cm³/mol. The Morgan fingerprint density at radius 3 is 1.62 bits per heavy atom. The molecule has 1 aliphatic heterocycles. The van der Waals surface area contributed by atoms with Gasteiger partial charge in [0.15, 0.2) is 0 Å². The van der Waals surface area contributed by atoms with Crippen LogP contribution >= 0.6 is 0 Å². The lowest BCUT2D eigenvalue weighted by Gasteiger charge is -2.29. The van der Waals surface area contributed by atoms with Gasteiger partial charge in [-0.15, -0.1) is 0 Å². The van der Waals surface area contributed by atoms with Crippen LogP contribution in [0.1, 0.15) is 146 Å². The van der Waals surface area contributed by atoms with Gasteiger partial charge >= 0.3 is 0 Å². The number of rotatable bonds is 14. The Morgan fingerprint density at radius 1 is 0.541 bits per heavy atom. The van der Waals surface area contributed by atoms with Crippen molar-refractivity contribution in [3.05, 3.63) is 59.7 Å². The molecular formula is C36H54O. The molecule has 2 aliphatic rings. The summed E-state index contributed by atoms with van der Waals surface area (Å²) in [5.74, 6) is 2.53. The monoisotopic (exact) mass is 502 g/mol. The van der Waals surface area contributed by atoms with Crippen molar-refractivity contribution < 1.29 is 4.74 Å². The van der Waals surface area contributed by atoms with Crippen LogP contribution in [-0.4, -0.2) is 6.61 Å². The molecule has 1 saturated carbocycles. The molecule has 4 rings (SSSR count). The average Bonchev–Trinajstić information content (AvgIpc) is 2.96. The Kier molecular flexibility index (Phi) is 12.1. The van der Waals surface area contributed by atoms with Crippen molar-refractivity contribution in [1.82, 2.24) is 0 Å². The van der Waals surface area contributed by atoms with Gasteiger partial charge in [0.1, 0.15) is 0 Å². The van der Waals surface area contributed by atoms with Crippen molar-refractivity contribution in [2.45, 2.75) is 135 Å². The fourth-order valence-corrected chi connectivity index (χ4v) is 6.82. The molecule has 2 atom stereocenters. The van der Waals surface area contributed by atoms with Crippen molar-refractivity contribution in [2.75, 3.05) is 6.61 Å². The van der Waals surface area contributed by atoms with Gasteiger partial charge in [-0.05, 0) is 85.0 Å². The van der Waals surface area contributed by atoms with E-state index in [1.807, 2.05) is 0 Å². The lowest BCUT2D eigenvalue weighted by atomic mass is 9.77. The van der Waals surface area contributed by atoms with E-state index >= 15 is 0 Å². The zero-order valence-electron chi connectivity index (χ0n) is 24.1. The quantitative estimate of drug-likeness (QED) is 0.233. The van der Waals surface area contributed by atoms with Gasteiger partial charge in [0.25, 0.3) is 0 Å². The summed E-state index contributed by atoms with van der Waals surface area (Å²) >= 11 is 0. The van der Waals surface area contributed by atoms with Crippen LogP contribution in [0, 0.1) is 11.8 Å². The largest absolute Gasteiger partial charge is 0.373 e. The van der Waals surface area contributed by atoms with E-state index in [9.17, 15) is 0 Å². The van der Waals surface area contributed by atoms with E-state index in [-0.39, 0.29) is 6.10 Å². The van der Waals surface area contributed by atoms with Crippen LogP contribution in [-0.2, 0) is 4.74 Å². The number of hydrogen-bond acceptors (Lipinski definition) is 1. The molecule has 0 bridgehead atoms. The van der Waals surface area contributed by atoms with Gasteiger partial charge in [0.05, 0.1) is 12.7 Å². The van der Waals surface area contributed by atoms with E-state index in [0.29, 0.717) is 0 Å². The molecule has 0 radical (unpaired) electrons. The van der Waals surface area contributed by atoms with Crippen LogP contribution in [0.4, 0.5) is 0 Å². The van der Waals surface area contributed by atoms with Crippen LogP contribution in [0.2, 0.25) is 0 Å². The highest BCUT2D eigenvalue weighted by Gasteiger charge is 2.23. The number of hydrogen-bond donors (Lipinski definition) is 0. The normalized spacial score (nSPS) is 24.3. The molecule has 204 valence electrons. The van der Waals surface area contributed by atoms with E-state index in [0.717, 1.165) is 24.4 Å². The first-order chi connectivity index (χ1) is 18.3. The molecule has 0 amide bonds. The topological polar surface area (TPSA) is 9.23 Å². The molecule has 0 aromatic heterocycles. The second-order valence-corrected chi connectivity index (χ2v) is 12.3. The van der Waals surface area contributed by atoms with Crippen LogP contribution in [0.3, 0.4) is 0 Å². The summed E-state index contributed by atoms with van der Waals surface area (Å²) < 4.78 is 6.32. The van der Waals surface area contributed by atoms with Crippen LogP contribution in [0.25, 0.3) is 11.1 Å². The highest BCUT2D eigenvalue weighted by molar-refractivity contribution is 5.64. The molecule has 2 unspecified atom stereocenters. The number of ether oxygens (including phenoxy) is 1. The molecule has 1 saturated heterocycles. The van der Waals surface area contributed by atoms with Crippen molar-refractivity contribution in [3.63, 3.8) is 0 Å². The van der Waals surface area contributed by atoms with Gasteiger partial charge in [-0.25, -0.2) is 0 Å². The minimum absolute atomic E-state index is 0.287. The first kappa shape index (κ1) is 28.4. The van der Waals surface area contributed by atoms with Gasteiger partial charge in [-0.1, -0.05) is 127 Å². The summed E-state index contributed by atoms with van der Waals surface area (Å²) in [4.78, 5) is 0. The second kappa shape index (κ2) is 15.7. The van der Waals surface area contributed by atoms with Crippen molar-refractivity contribution in [1.29, 1.82) is 0 Å². The molecule has 1 aliphatic carbocycles. The summed E-state index contributed by atoms with van der Waals surface area (Å²) in [5, 5.41) is 0. The van der Waals surface area contributed by atoms with E-state index in [2.05, 4.69) is 62.4 Å². The Bertz CT molecular complexity index is 851. The molecule has 1 nitrogen and oxygen atoms in total. The molecule has 0 N–H and O–H groups in total. The second-order valence-electron chi connectivity index (χ2n) is 12.3. The van der Waals surface area contributed by atoms with E-state index < -0.39 is 0 Å². The zero-order chi connectivity index (χ0) is 25.7. The smallest absolute Gasteiger partial charge is 0.0825 e. The molecule has 1 heteroatoms. The molecule has 0 spiro atoms. The zero-order valence-corrected chi connectivity index (χ0v) is 24.1. The minimum atomic E-state index is 0.287. The van der Waals surface area contributed by atoms with Gasteiger partial charge in [-0.2, -0.15) is 0 Å². The summed E-state index contributed by atoms with van der Waals surface area (Å²) in [6.45, 7) is 5.55. The van der Waals surface area contributed by atoms with E-state index in [4.69, 9.17) is 4.74 Å². The van der Waals surface area contributed by atoms with Crippen molar-refractivity contribution in [2.24, 2.45) is 11.8 Å². The fraction of sp³-hybridized carbons (Fsp3) is 0.667. The molecule has 37 heavy (non-hydrogen) atoms.